The molecule has 0 saturated carbocycles. The van der Waals surface area contributed by atoms with Crippen molar-refractivity contribution in [1.29, 1.82) is 0 Å². The molecule has 0 aliphatic heterocycles. The Bertz CT molecular complexity index is 325. The lowest BCUT2D eigenvalue weighted by atomic mass is 10.1. The zero-order valence-electron chi connectivity index (χ0n) is 7.93. The van der Waals surface area contributed by atoms with Crippen molar-refractivity contribution in [3.63, 3.8) is 0 Å². The Morgan fingerprint density at radius 1 is 1.64 bits per heavy atom. The SMILES string of the molecule is COC(=O)c1cccc([C@@H](N)CO)c1. The third-order valence-electron chi connectivity index (χ3n) is 1.93. The van der Waals surface area contributed by atoms with Crippen LogP contribution >= 0.6 is 0 Å². The first-order chi connectivity index (χ1) is 6.69. The Morgan fingerprint density at radius 2 is 2.36 bits per heavy atom. The van der Waals surface area contributed by atoms with Crippen molar-refractivity contribution >= 4 is 5.97 Å². The topological polar surface area (TPSA) is 72.5 Å². The Labute approximate surface area is 82.3 Å². The largest absolute Gasteiger partial charge is 0.465 e. The number of esters is 1. The lowest BCUT2D eigenvalue weighted by Gasteiger charge is -2.09. The Hall–Kier alpha value is -1.39. The summed E-state index contributed by atoms with van der Waals surface area (Å²) in [5, 5.41) is 8.83. The minimum atomic E-state index is -0.459. The Balaban J connectivity index is 2.95. The first-order valence-electron chi connectivity index (χ1n) is 4.23. The second-order valence-corrected chi connectivity index (χ2v) is 2.91. The maximum Gasteiger partial charge on any atom is 0.337 e. The van der Waals surface area contributed by atoms with E-state index in [1.807, 2.05) is 0 Å². The number of ether oxygens (including phenoxy) is 1. The second-order valence-electron chi connectivity index (χ2n) is 2.91. The fourth-order valence-corrected chi connectivity index (χ4v) is 1.12. The number of nitrogens with two attached hydrogens (primary N) is 1. The summed E-state index contributed by atoms with van der Waals surface area (Å²) in [7, 11) is 1.32. The molecule has 0 saturated heterocycles. The third kappa shape index (κ3) is 2.31. The number of carbonyl (C=O) groups excluding carboxylic acids is 1. The van der Waals surface area contributed by atoms with E-state index in [9.17, 15) is 4.79 Å². The van der Waals surface area contributed by atoms with Crippen molar-refractivity contribution in [3.05, 3.63) is 35.4 Å². The van der Waals surface area contributed by atoms with Gasteiger partial charge in [-0.2, -0.15) is 0 Å². The maximum absolute atomic E-state index is 11.2. The molecule has 76 valence electrons. The second kappa shape index (κ2) is 4.74. The summed E-state index contributed by atoms with van der Waals surface area (Å²) in [5.41, 5.74) is 6.76. The van der Waals surface area contributed by atoms with Crippen LogP contribution in [0.15, 0.2) is 24.3 Å². The molecular weight excluding hydrogens is 182 g/mol. The molecule has 0 spiro atoms. The van der Waals surface area contributed by atoms with Crippen molar-refractivity contribution in [2.45, 2.75) is 6.04 Å². The highest BCUT2D eigenvalue weighted by atomic mass is 16.5. The Morgan fingerprint density at radius 3 is 2.93 bits per heavy atom. The lowest BCUT2D eigenvalue weighted by molar-refractivity contribution is 0.0600. The van der Waals surface area contributed by atoms with Crippen LogP contribution in [0.2, 0.25) is 0 Å². The molecule has 14 heavy (non-hydrogen) atoms. The monoisotopic (exact) mass is 195 g/mol. The highest BCUT2D eigenvalue weighted by Crippen LogP contribution is 2.12. The minimum absolute atomic E-state index is 0.148. The number of rotatable bonds is 3. The number of methoxy groups -OCH3 is 1. The first-order valence-corrected chi connectivity index (χ1v) is 4.23. The zero-order chi connectivity index (χ0) is 10.6. The van der Waals surface area contributed by atoms with E-state index in [1.165, 1.54) is 7.11 Å². The average Bonchev–Trinajstić information content (AvgIpc) is 2.27. The standard InChI is InChI=1S/C10H13NO3/c1-14-10(13)8-4-2-3-7(5-8)9(11)6-12/h2-5,9,12H,6,11H2,1H3/t9-/m0/s1. The summed E-state index contributed by atoms with van der Waals surface area (Å²) >= 11 is 0. The molecule has 4 nitrogen and oxygen atoms in total. The van der Waals surface area contributed by atoms with Gasteiger partial charge in [0.15, 0.2) is 0 Å². The summed E-state index contributed by atoms with van der Waals surface area (Å²) in [6, 6.07) is 6.26. The van der Waals surface area contributed by atoms with Gasteiger partial charge in [0.1, 0.15) is 0 Å². The van der Waals surface area contributed by atoms with Crippen LogP contribution < -0.4 is 5.73 Å². The summed E-state index contributed by atoms with van der Waals surface area (Å²) in [6.07, 6.45) is 0. The van der Waals surface area contributed by atoms with Crippen molar-refractivity contribution < 1.29 is 14.6 Å². The summed E-state index contributed by atoms with van der Waals surface area (Å²) in [4.78, 5) is 11.2. The van der Waals surface area contributed by atoms with Gasteiger partial charge in [-0.3, -0.25) is 0 Å². The fourth-order valence-electron chi connectivity index (χ4n) is 1.12. The van der Waals surface area contributed by atoms with Gasteiger partial charge in [0.25, 0.3) is 0 Å². The van der Waals surface area contributed by atoms with E-state index in [0.29, 0.717) is 5.56 Å². The maximum atomic E-state index is 11.2. The van der Waals surface area contributed by atoms with E-state index in [1.54, 1.807) is 24.3 Å². The van der Waals surface area contributed by atoms with Crippen LogP contribution in [-0.4, -0.2) is 24.8 Å². The van der Waals surface area contributed by atoms with E-state index in [2.05, 4.69) is 4.74 Å². The van der Waals surface area contributed by atoms with Crippen LogP contribution in [-0.2, 0) is 4.74 Å². The molecule has 0 aromatic heterocycles. The number of hydrogen-bond acceptors (Lipinski definition) is 4. The van der Waals surface area contributed by atoms with Gasteiger partial charge in [0.2, 0.25) is 0 Å². The van der Waals surface area contributed by atoms with E-state index in [-0.39, 0.29) is 6.61 Å². The number of benzene rings is 1. The molecule has 1 rings (SSSR count). The van der Waals surface area contributed by atoms with E-state index in [0.717, 1.165) is 5.56 Å². The summed E-state index contributed by atoms with van der Waals surface area (Å²) in [5.74, 6) is -0.406. The van der Waals surface area contributed by atoms with Gasteiger partial charge in [-0.05, 0) is 17.7 Å². The van der Waals surface area contributed by atoms with Crippen LogP contribution in [0.25, 0.3) is 0 Å². The number of aliphatic hydroxyl groups is 1. The van der Waals surface area contributed by atoms with Gasteiger partial charge in [0, 0.05) is 0 Å². The molecule has 0 unspecified atom stereocenters. The molecular formula is C10H13NO3. The van der Waals surface area contributed by atoms with Crippen LogP contribution in [0.5, 0.6) is 0 Å². The van der Waals surface area contributed by atoms with Crippen LogP contribution in [0.3, 0.4) is 0 Å². The molecule has 0 aliphatic carbocycles. The van der Waals surface area contributed by atoms with Crippen molar-refractivity contribution in [2.75, 3.05) is 13.7 Å². The molecule has 0 aliphatic rings. The van der Waals surface area contributed by atoms with Crippen molar-refractivity contribution in [3.8, 4) is 0 Å². The van der Waals surface area contributed by atoms with Crippen molar-refractivity contribution in [1.82, 2.24) is 0 Å². The molecule has 1 aromatic carbocycles. The predicted molar refractivity (Wildman–Crippen MR) is 51.8 cm³/mol. The van der Waals surface area contributed by atoms with Crippen LogP contribution in [0.1, 0.15) is 22.0 Å². The molecule has 0 radical (unpaired) electrons. The highest BCUT2D eigenvalue weighted by Gasteiger charge is 2.09. The average molecular weight is 195 g/mol. The normalized spacial score (nSPS) is 12.2. The number of carbonyl (C=O) groups is 1. The van der Waals surface area contributed by atoms with Crippen LogP contribution in [0.4, 0.5) is 0 Å². The predicted octanol–water partition coefficient (Wildman–Crippen LogP) is 0.465. The van der Waals surface area contributed by atoms with Gasteiger partial charge < -0.3 is 15.6 Å². The molecule has 4 heteroatoms. The van der Waals surface area contributed by atoms with Crippen LogP contribution in [0, 0.1) is 0 Å². The molecule has 0 bridgehead atoms. The fraction of sp³-hybridized carbons (Fsp3) is 0.300. The van der Waals surface area contributed by atoms with E-state index in [4.69, 9.17) is 10.8 Å². The molecule has 0 fully saturated rings. The van der Waals surface area contributed by atoms with Gasteiger partial charge in [-0.25, -0.2) is 4.79 Å². The summed E-state index contributed by atoms with van der Waals surface area (Å²) < 4.78 is 4.56. The quantitative estimate of drug-likeness (QED) is 0.687. The smallest absolute Gasteiger partial charge is 0.337 e. The number of hydrogen-bond donors (Lipinski definition) is 2. The molecule has 0 amide bonds. The molecule has 1 atom stereocenters. The van der Waals surface area contributed by atoms with E-state index >= 15 is 0 Å². The molecule has 1 aromatic rings. The molecule has 0 heterocycles. The zero-order valence-corrected chi connectivity index (χ0v) is 7.93. The minimum Gasteiger partial charge on any atom is -0.465 e. The highest BCUT2D eigenvalue weighted by molar-refractivity contribution is 5.89. The van der Waals surface area contributed by atoms with Gasteiger partial charge in [-0.1, -0.05) is 12.1 Å². The Kier molecular flexibility index (Phi) is 3.62. The third-order valence-corrected chi connectivity index (χ3v) is 1.93. The van der Waals surface area contributed by atoms with E-state index < -0.39 is 12.0 Å². The number of aliphatic hydroxyl groups excluding tert-OH is 1. The lowest BCUT2D eigenvalue weighted by Crippen LogP contribution is -2.15. The first kappa shape index (κ1) is 10.7. The van der Waals surface area contributed by atoms with Gasteiger partial charge in [-0.15, -0.1) is 0 Å². The summed E-state index contributed by atoms with van der Waals surface area (Å²) in [6.45, 7) is -0.148. The van der Waals surface area contributed by atoms with Crippen molar-refractivity contribution in [2.24, 2.45) is 5.73 Å². The molecule has 3 N–H and O–H groups in total. The van der Waals surface area contributed by atoms with Gasteiger partial charge >= 0.3 is 5.97 Å². The van der Waals surface area contributed by atoms with Gasteiger partial charge in [0.05, 0.1) is 25.3 Å².